The highest BCUT2D eigenvalue weighted by Crippen LogP contribution is 2.23. The maximum atomic E-state index is 11.1. The predicted octanol–water partition coefficient (Wildman–Crippen LogP) is 2.60. The molecule has 2 aromatic rings. The van der Waals surface area contributed by atoms with Crippen LogP contribution in [-0.2, 0) is 0 Å². The molecule has 2 nitrogen and oxygen atoms in total. The van der Waals surface area contributed by atoms with Gasteiger partial charge in [0, 0.05) is 21.4 Å². The Morgan fingerprint density at radius 2 is 2.15 bits per heavy atom. The fraction of sp³-hybridized carbons (Fsp3) is 0.100. The average Bonchev–Trinajstić information content (AvgIpc) is 2.02. The smallest absolute Gasteiger partial charge is 0.248 e. The molecule has 0 amide bonds. The van der Waals surface area contributed by atoms with Gasteiger partial charge in [-0.05, 0) is 24.6 Å². The topological polar surface area (TPSA) is 32.9 Å². The first-order valence-electron chi connectivity index (χ1n) is 3.96. The second-order valence-electron chi connectivity index (χ2n) is 2.98. The molecule has 0 radical (unpaired) electrons. The van der Waals surface area contributed by atoms with E-state index in [1.807, 2.05) is 25.1 Å². The van der Waals surface area contributed by atoms with Gasteiger partial charge in [-0.25, -0.2) is 0 Å². The SMILES string of the molecule is Cc1cc(=O)[nH]c2cccc(Br)c12. The van der Waals surface area contributed by atoms with Crippen LogP contribution in [0.2, 0.25) is 0 Å². The van der Waals surface area contributed by atoms with Gasteiger partial charge in [-0.15, -0.1) is 0 Å². The van der Waals surface area contributed by atoms with E-state index in [9.17, 15) is 4.79 Å². The Morgan fingerprint density at radius 1 is 1.38 bits per heavy atom. The summed E-state index contributed by atoms with van der Waals surface area (Å²) in [4.78, 5) is 13.9. The fourth-order valence-electron chi connectivity index (χ4n) is 1.47. The van der Waals surface area contributed by atoms with E-state index >= 15 is 0 Å². The maximum absolute atomic E-state index is 11.1. The van der Waals surface area contributed by atoms with Crippen molar-refractivity contribution in [2.24, 2.45) is 0 Å². The zero-order valence-electron chi connectivity index (χ0n) is 7.10. The van der Waals surface area contributed by atoms with Crippen LogP contribution in [0.25, 0.3) is 10.9 Å². The van der Waals surface area contributed by atoms with Crippen molar-refractivity contribution in [2.75, 3.05) is 0 Å². The van der Waals surface area contributed by atoms with E-state index in [2.05, 4.69) is 20.9 Å². The Labute approximate surface area is 83.7 Å². The number of rotatable bonds is 0. The van der Waals surface area contributed by atoms with Gasteiger partial charge < -0.3 is 4.98 Å². The second kappa shape index (κ2) is 3.00. The summed E-state index contributed by atoms with van der Waals surface area (Å²) < 4.78 is 1.01. The molecule has 2 rings (SSSR count). The van der Waals surface area contributed by atoms with Gasteiger partial charge in [0.2, 0.25) is 5.56 Å². The number of aryl methyl sites for hydroxylation is 1. The molecule has 0 saturated heterocycles. The Hall–Kier alpha value is -1.09. The van der Waals surface area contributed by atoms with Crippen molar-refractivity contribution in [1.82, 2.24) is 4.98 Å². The molecule has 13 heavy (non-hydrogen) atoms. The third kappa shape index (κ3) is 1.40. The minimum Gasteiger partial charge on any atom is -0.322 e. The molecular weight excluding hydrogens is 230 g/mol. The third-order valence-electron chi connectivity index (χ3n) is 2.01. The number of aromatic nitrogens is 1. The van der Waals surface area contributed by atoms with Crippen molar-refractivity contribution in [1.29, 1.82) is 0 Å². The number of H-pyrrole nitrogens is 1. The van der Waals surface area contributed by atoms with E-state index in [0.29, 0.717) is 0 Å². The van der Waals surface area contributed by atoms with Crippen molar-refractivity contribution in [3.8, 4) is 0 Å². The highest BCUT2D eigenvalue weighted by atomic mass is 79.9. The van der Waals surface area contributed by atoms with Gasteiger partial charge in [0.1, 0.15) is 0 Å². The van der Waals surface area contributed by atoms with E-state index in [-0.39, 0.29) is 5.56 Å². The summed E-state index contributed by atoms with van der Waals surface area (Å²) in [6, 6.07) is 7.37. The first kappa shape index (κ1) is 8.51. The molecule has 0 unspecified atom stereocenters. The van der Waals surface area contributed by atoms with Crippen LogP contribution in [0.3, 0.4) is 0 Å². The summed E-state index contributed by atoms with van der Waals surface area (Å²) in [5.41, 5.74) is 1.81. The normalized spacial score (nSPS) is 10.6. The van der Waals surface area contributed by atoms with E-state index in [4.69, 9.17) is 0 Å². The molecule has 1 aromatic carbocycles. The van der Waals surface area contributed by atoms with Crippen molar-refractivity contribution in [3.63, 3.8) is 0 Å². The Kier molecular flexibility index (Phi) is 1.96. The lowest BCUT2D eigenvalue weighted by Gasteiger charge is -2.02. The largest absolute Gasteiger partial charge is 0.322 e. The summed E-state index contributed by atoms with van der Waals surface area (Å²) in [5, 5.41) is 1.07. The van der Waals surface area contributed by atoms with Gasteiger partial charge in [0.05, 0.1) is 0 Å². The van der Waals surface area contributed by atoms with Gasteiger partial charge in [-0.3, -0.25) is 4.79 Å². The lowest BCUT2D eigenvalue weighted by atomic mass is 10.1. The van der Waals surface area contributed by atoms with Crippen molar-refractivity contribution >= 4 is 26.8 Å². The van der Waals surface area contributed by atoms with Gasteiger partial charge in [0.15, 0.2) is 0 Å². The second-order valence-corrected chi connectivity index (χ2v) is 3.83. The number of halogens is 1. The maximum Gasteiger partial charge on any atom is 0.248 e. The molecule has 0 saturated carbocycles. The number of benzene rings is 1. The van der Waals surface area contributed by atoms with E-state index < -0.39 is 0 Å². The average molecular weight is 238 g/mol. The lowest BCUT2D eigenvalue weighted by molar-refractivity contribution is 1.27. The van der Waals surface area contributed by atoms with E-state index in [1.54, 1.807) is 6.07 Å². The molecule has 0 atom stereocenters. The number of hydrogen-bond acceptors (Lipinski definition) is 1. The lowest BCUT2D eigenvalue weighted by Crippen LogP contribution is -2.04. The standard InChI is InChI=1S/C10H8BrNO/c1-6-5-9(13)12-8-4-2-3-7(11)10(6)8/h2-5H,1H3,(H,12,13). The van der Waals surface area contributed by atoms with Crippen LogP contribution in [0.5, 0.6) is 0 Å². The minimum atomic E-state index is -0.0527. The molecule has 0 spiro atoms. The monoisotopic (exact) mass is 237 g/mol. The van der Waals surface area contributed by atoms with Crippen molar-refractivity contribution in [3.05, 3.63) is 44.7 Å². The zero-order valence-corrected chi connectivity index (χ0v) is 8.68. The van der Waals surface area contributed by atoms with Crippen molar-refractivity contribution < 1.29 is 0 Å². The highest BCUT2D eigenvalue weighted by molar-refractivity contribution is 9.10. The molecule has 1 N–H and O–H groups in total. The van der Waals surface area contributed by atoms with Gasteiger partial charge in [-0.2, -0.15) is 0 Å². The quantitative estimate of drug-likeness (QED) is 0.751. The van der Waals surface area contributed by atoms with Crippen molar-refractivity contribution in [2.45, 2.75) is 6.92 Å². The molecule has 0 aliphatic heterocycles. The highest BCUT2D eigenvalue weighted by Gasteiger charge is 2.01. The first-order valence-corrected chi connectivity index (χ1v) is 4.76. The molecule has 0 aliphatic carbocycles. The first-order chi connectivity index (χ1) is 6.18. The number of nitrogens with one attached hydrogen (secondary N) is 1. The van der Waals surface area contributed by atoms with Crippen LogP contribution < -0.4 is 5.56 Å². The van der Waals surface area contributed by atoms with Gasteiger partial charge in [0.25, 0.3) is 0 Å². The van der Waals surface area contributed by atoms with Crippen LogP contribution in [0, 0.1) is 6.92 Å². The molecule has 1 aromatic heterocycles. The number of hydrogen-bond donors (Lipinski definition) is 1. The molecule has 0 bridgehead atoms. The molecule has 0 aliphatic rings. The zero-order chi connectivity index (χ0) is 9.42. The summed E-state index contributed by atoms with van der Waals surface area (Å²) >= 11 is 3.45. The molecule has 1 heterocycles. The van der Waals surface area contributed by atoms with Crippen LogP contribution in [0.1, 0.15) is 5.56 Å². The Balaban J connectivity index is 3.03. The van der Waals surface area contributed by atoms with Gasteiger partial charge >= 0.3 is 0 Å². The number of fused-ring (bicyclic) bond motifs is 1. The number of aromatic amines is 1. The number of pyridine rings is 1. The fourth-order valence-corrected chi connectivity index (χ4v) is 2.15. The molecular formula is C10H8BrNO. The summed E-state index contributed by atoms with van der Waals surface area (Å²) in [6.07, 6.45) is 0. The predicted molar refractivity (Wildman–Crippen MR) is 57.0 cm³/mol. The van der Waals surface area contributed by atoms with Crippen LogP contribution in [-0.4, -0.2) is 4.98 Å². The van der Waals surface area contributed by atoms with E-state index in [1.165, 1.54) is 0 Å². The Bertz CT molecular complexity index is 516. The van der Waals surface area contributed by atoms with E-state index in [0.717, 1.165) is 20.9 Å². The summed E-state index contributed by atoms with van der Waals surface area (Å²) in [5.74, 6) is 0. The van der Waals surface area contributed by atoms with Crippen LogP contribution in [0.15, 0.2) is 33.5 Å². The summed E-state index contributed by atoms with van der Waals surface area (Å²) in [7, 11) is 0. The molecule has 66 valence electrons. The third-order valence-corrected chi connectivity index (χ3v) is 2.67. The van der Waals surface area contributed by atoms with Gasteiger partial charge in [-0.1, -0.05) is 22.0 Å². The van der Waals surface area contributed by atoms with Crippen LogP contribution >= 0.6 is 15.9 Å². The van der Waals surface area contributed by atoms with Crippen LogP contribution in [0.4, 0.5) is 0 Å². The Morgan fingerprint density at radius 3 is 2.92 bits per heavy atom. The molecule has 0 fully saturated rings. The minimum absolute atomic E-state index is 0.0527. The molecule has 3 heteroatoms. The summed E-state index contributed by atoms with van der Waals surface area (Å²) in [6.45, 7) is 1.93.